The van der Waals surface area contributed by atoms with E-state index in [2.05, 4.69) is 0 Å². The lowest BCUT2D eigenvalue weighted by atomic mass is 9.79. The normalized spacial score (nSPS) is 17.2. The second-order valence-electron chi connectivity index (χ2n) is 14.3. The average Bonchev–Trinajstić information content (AvgIpc) is 3.78. The van der Waals surface area contributed by atoms with E-state index in [0.29, 0.717) is 53.2 Å². The van der Waals surface area contributed by atoms with Crippen LogP contribution in [-0.4, -0.2) is 42.9 Å². The first-order valence-corrected chi connectivity index (χ1v) is 18.0. The van der Waals surface area contributed by atoms with Crippen molar-refractivity contribution in [1.82, 2.24) is 4.98 Å². The fraction of sp³-hybridized carbons (Fsp3) is 0.295. The summed E-state index contributed by atoms with van der Waals surface area (Å²) in [6.07, 6.45) is 0.719. The summed E-state index contributed by atoms with van der Waals surface area (Å²) >= 11 is 0. The van der Waals surface area contributed by atoms with Crippen molar-refractivity contribution in [3.8, 4) is 23.0 Å². The highest BCUT2D eigenvalue weighted by molar-refractivity contribution is 6.05. The number of pyridine rings is 1. The van der Waals surface area contributed by atoms with Crippen LogP contribution >= 0.6 is 0 Å². The monoisotopic (exact) mass is 712 g/mol. The number of carbonyl (C=O) groups excluding carboxylic acids is 2. The van der Waals surface area contributed by atoms with Gasteiger partial charge in [0.25, 0.3) is 5.91 Å². The standard InChI is InChI=1S/C44H44N2O7/c1-6-23-46(42(47)29-15-11-8-12-16-29)37-22-20-33-38(30-17-21-34-36(24-30)52-27-51-34)40(43(48)53-44(2,3)4)39(41(33)45-37)32-19-18-31(49-5)25-35(32)50-26-28-13-9-7-10-14-28/h7-22,24-25,38-40H,6,23,26-27H2,1-5H3/t38-,39-,40+/m0/s1. The van der Waals surface area contributed by atoms with Crippen molar-refractivity contribution in [3.63, 3.8) is 0 Å². The largest absolute Gasteiger partial charge is 0.497 e. The molecule has 1 aromatic heterocycles. The highest BCUT2D eigenvalue weighted by Crippen LogP contribution is 2.56. The number of ether oxygens (including phenoxy) is 5. The van der Waals surface area contributed by atoms with Crippen LogP contribution in [0.4, 0.5) is 5.82 Å². The van der Waals surface area contributed by atoms with Gasteiger partial charge < -0.3 is 23.7 Å². The molecular weight excluding hydrogens is 668 g/mol. The number of fused-ring (bicyclic) bond motifs is 2. The van der Waals surface area contributed by atoms with Crippen molar-refractivity contribution >= 4 is 17.7 Å². The molecule has 2 aliphatic rings. The minimum Gasteiger partial charge on any atom is -0.497 e. The van der Waals surface area contributed by atoms with Crippen LogP contribution in [0.15, 0.2) is 109 Å². The van der Waals surface area contributed by atoms with E-state index in [1.807, 2.05) is 137 Å². The third-order valence-corrected chi connectivity index (χ3v) is 9.51. The summed E-state index contributed by atoms with van der Waals surface area (Å²) in [6.45, 7) is 8.52. The Morgan fingerprint density at radius 2 is 1.55 bits per heavy atom. The van der Waals surface area contributed by atoms with Crippen molar-refractivity contribution in [2.75, 3.05) is 25.3 Å². The van der Waals surface area contributed by atoms with Crippen LogP contribution in [0.2, 0.25) is 0 Å². The summed E-state index contributed by atoms with van der Waals surface area (Å²) in [5, 5.41) is 0. The molecule has 3 atom stereocenters. The van der Waals surface area contributed by atoms with Crippen LogP contribution in [0.5, 0.6) is 23.0 Å². The maximum Gasteiger partial charge on any atom is 0.311 e. The van der Waals surface area contributed by atoms with Gasteiger partial charge in [-0.3, -0.25) is 14.5 Å². The van der Waals surface area contributed by atoms with Gasteiger partial charge in [-0.1, -0.05) is 73.7 Å². The van der Waals surface area contributed by atoms with Gasteiger partial charge >= 0.3 is 5.97 Å². The first-order valence-electron chi connectivity index (χ1n) is 18.0. The number of hydrogen-bond donors (Lipinski definition) is 0. The Morgan fingerprint density at radius 1 is 0.830 bits per heavy atom. The fourth-order valence-electron chi connectivity index (χ4n) is 7.21. The molecular formula is C44H44N2O7. The zero-order valence-electron chi connectivity index (χ0n) is 30.7. The summed E-state index contributed by atoms with van der Waals surface area (Å²) in [6, 6.07) is 34.5. The zero-order valence-corrected chi connectivity index (χ0v) is 30.7. The van der Waals surface area contributed by atoms with Gasteiger partial charge in [0.2, 0.25) is 6.79 Å². The molecule has 5 aromatic rings. The molecule has 9 nitrogen and oxygen atoms in total. The summed E-state index contributed by atoms with van der Waals surface area (Å²) in [4.78, 5) is 35.8. The van der Waals surface area contributed by atoms with E-state index >= 15 is 0 Å². The quantitative estimate of drug-likeness (QED) is 0.126. The number of carbonyl (C=O) groups is 2. The number of benzene rings is 4. The van der Waals surface area contributed by atoms with Gasteiger partial charge in [-0.05, 0) is 80.3 Å². The second kappa shape index (κ2) is 15.0. The van der Waals surface area contributed by atoms with Gasteiger partial charge in [0.15, 0.2) is 11.5 Å². The molecule has 0 saturated heterocycles. The van der Waals surface area contributed by atoms with E-state index in [0.717, 1.165) is 28.7 Å². The summed E-state index contributed by atoms with van der Waals surface area (Å²) in [5.74, 6) is 0.538. The first kappa shape index (κ1) is 35.6. The van der Waals surface area contributed by atoms with Crippen LogP contribution in [0.25, 0.3) is 0 Å². The molecule has 1 amide bonds. The molecule has 2 heterocycles. The predicted octanol–water partition coefficient (Wildman–Crippen LogP) is 8.69. The van der Waals surface area contributed by atoms with E-state index < -0.39 is 23.4 Å². The maximum absolute atomic E-state index is 14.7. The van der Waals surface area contributed by atoms with Crippen LogP contribution in [0, 0.1) is 5.92 Å². The van der Waals surface area contributed by atoms with Crippen LogP contribution in [-0.2, 0) is 16.1 Å². The smallest absolute Gasteiger partial charge is 0.311 e. The van der Waals surface area contributed by atoms with Gasteiger partial charge in [0.1, 0.15) is 29.5 Å². The third kappa shape index (κ3) is 7.42. The van der Waals surface area contributed by atoms with Crippen LogP contribution in [0.1, 0.15) is 84.3 Å². The molecule has 0 saturated carbocycles. The predicted molar refractivity (Wildman–Crippen MR) is 202 cm³/mol. The SMILES string of the molecule is CCCN(C(=O)c1ccccc1)c1ccc2c(n1)[C@@H](c1ccc(OC)cc1OCc1ccccc1)[C@H](C(=O)OC(C)(C)C)[C@H]2c1ccc2c(c1)OCO2. The van der Waals surface area contributed by atoms with Crippen molar-refractivity contribution in [2.45, 2.75) is 58.2 Å². The molecule has 1 aliphatic carbocycles. The highest BCUT2D eigenvalue weighted by Gasteiger charge is 2.50. The van der Waals surface area contributed by atoms with Gasteiger partial charge in [0, 0.05) is 35.6 Å². The molecule has 9 heteroatoms. The Labute approximate surface area is 310 Å². The second-order valence-corrected chi connectivity index (χ2v) is 14.3. The van der Waals surface area contributed by atoms with Gasteiger partial charge in [-0.15, -0.1) is 0 Å². The zero-order chi connectivity index (χ0) is 37.1. The molecule has 0 fully saturated rings. The van der Waals surface area contributed by atoms with Gasteiger partial charge in [-0.2, -0.15) is 0 Å². The fourth-order valence-corrected chi connectivity index (χ4v) is 7.21. The number of aromatic nitrogens is 1. The topological polar surface area (TPSA) is 96.4 Å². The molecule has 0 unspecified atom stereocenters. The minimum atomic E-state index is -0.763. The molecule has 1 aliphatic heterocycles. The highest BCUT2D eigenvalue weighted by atomic mass is 16.7. The molecule has 0 bridgehead atoms. The van der Waals surface area contributed by atoms with Crippen molar-refractivity contribution < 1.29 is 33.3 Å². The van der Waals surface area contributed by atoms with E-state index in [4.69, 9.17) is 28.7 Å². The summed E-state index contributed by atoms with van der Waals surface area (Å²) in [7, 11) is 1.61. The van der Waals surface area contributed by atoms with E-state index in [-0.39, 0.29) is 18.7 Å². The number of nitrogens with zero attached hydrogens (tertiary/aromatic N) is 2. The number of methoxy groups -OCH3 is 1. The van der Waals surface area contributed by atoms with E-state index in [1.165, 1.54) is 0 Å². The molecule has 0 spiro atoms. The number of rotatable bonds is 11. The van der Waals surface area contributed by atoms with E-state index in [9.17, 15) is 9.59 Å². The summed E-state index contributed by atoms with van der Waals surface area (Å²) < 4.78 is 29.9. The Bertz CT molecular complexity index is 2100. The molecule has 272 valence electrons. The lowest BCUT2D eigenvalue weighted by Crippen LogP contribution is -2.33. The van der Waals surface area contributed by atoms with Crippen molar-refractivity contribution in [3.05, 3.63) is 143 Å². The Hall–Kier alpha value is -5.83. The molecule has 0 radical (unpaired) electrons. The number of hydrogen-bond acceptors (Lipinski definition) is 8. The molecule has 53 heavy (non-hydrogen) atoms. The van der Waals surface area contributed by atoms with Crippen molar-refractivity contribution in [1.29, 1.82) is 0 Å². The Kier molecular flexibility index (Phi) is 10.1. The number of amides is 1. The number of esters is 1. The number of anilines is 1. The lowest BCUT2D eigenvalue weighted by Gasteiger charge is -2.29. The van der Waals surface area contributed by atoms with E-state index in [1.54, 1.807) is 12.0 Å². The lowest BCUT2D eigenvalue weighted by molar-refractivity contribution is -0.160. The third-order valence-electron chi connectivity index (χ3n) is 9.51. The molecule has 0 N–H and O–H groups in total. The Balaban J connectivity index is 1.43. The van der Waals surface area contributed by atoms with Crippen LogP contribution in [0.3, 0.4) is 0 Å². The first-order chi connectivity index (χ1) is 25.6. The van der Waals surface area contributed by atoms with Crippen molar-refractivity contribution in [2.24, 2.45) is 5.92 Å². The molecule has 7 rings (SSSR count). The van der Waals surface area contributed by atoms with Crippen LogP contribution < -0.4 is 23.8 Å². The maximum atomic E-state index is 14.7. The Morgan fingerprint density at radius 3 is 2.26 bits per heavy atom. The average molecular weight is 713 g/mol. The molecule has 4 aromatic carbocycles. The van der Waals surface area contributed by atoms with Gasteiger partial charge in [-0.25, -0.2) is 4.98 Å². The minimum absolute atomic E-state index is 0.125. The van der Waals surface area contributed by atoms with Gasteiger partial charge in [0.05, 0.1) is 18.7 Å². The summed E-state index contributed by atoms with van der Waals surface area (Å²) in [5.41, 5.74) is 3.92.